The van der Waals surface area contributed by atoms with Crippen molar-refractivity contribution >= 4 is 17.5 Å². The van der Waals surface area contributed by atoms with Crippen LogP contribution in [0.25, 0.3) is 11.3 Å². The van der Waals surface area contributed by atoms with Crippen LogP contribution in [0.4, 0.5) is 4.39 Å². The fraction of sp³-hybridized carbons (Fsp3) is 0.524. The molecular weight excluding hydrogens is 381 g/mol. The Hall–Kier alpha value is -1.92. The normalized spacial score (nSPS) is 17.6. The van der Waals surface area contributed by atoms with E-state index in [0.29, 0.717) is 18.3 Å². The number of carbonyl (C=O) groups is 1. The molecule has 3 rings (SSSR count). The monoisotopic (exact) mass is 407 g/mol. The maximum absolute atomic E-state index is 14.2. The second-order valence-electron chi connectivity index (χ2n) is 7.40. The summed E-state index contributed by atoms with van der Waals surface area (Å²) in [4.78, 5) is 15.2. The van der Waals surface area contributed by atoms with Gasteiger partial charge in [-0.05, 0) is 64.8 Å². The van der Waals surface area contributed by atoms with Crippen molar-refractivity contribution in [3.8, 4) is 11.3 Å². The number of rotatable bonds is 7. The molecule has 1 aliphatic heterocycles. The molecule has 152 valence electrons. The van der Waals surface area contributed by atoms with Crippen LogP contribution in [0.2, 0.25) is 5.02 Å². The van der Waals surface area contributed by atoms with E-state index in [1.54, 1.807) is 13.0 Å². The van der Waals surface area contributed by atoms with E-state index >= 15 is 0 Å². The largest absolute Gasteiger partial charge is 0.360 e. The van der Waals surface area contributed by atoms with Gasteiger partial charge in [0.1, 0.15) is 22.8 Å². The molecular formula is C21H27ClFN3O2. The van der Waals surface area contributed by atoms with Crippen molar-refractivity contribution in [3.63, 3.8) is 0 Å². The summed E-state index contributed by atoms with van der Waals surface area (Å²) in [5.41, 5.74) is 0.460. The zero-order chi connectivity index (χ0) is 20.1. The predicted octanol–water partition coefficient (Wildman–Crippen LogP) is 4.83. The van der Waals surface area contributed by atoms with Gasteiger partial charge in [-0.1, -0.05) is 29.2 Å². The Bertz CT molecular complexity index is 804. The van der Waals surface area contributed by atoms with Crippen LogP contribution in [-0.2, 0) is 0 Å². The summed E-state index contributed by atoms with van der Waals surface area (Å²) in [7, 11) is 0. The van der Waals surface area contributed by atoms with Crippen molar-refractivity contribution in [2.24, 2.45) is 0 Å². The molecule has 0 saturated carbocycles. The molecule has 1 aromatic heterocycles. The first kappa shape index (κ1) is 20.8. The van der Waals surface area contributed by atoms with E-state index in [0.717, 1.165) is 19.4 Å². The quantitative estimate of drug-likeness (QED) is 0.668. The van der Waals surface area contributed by atoms with Gasteiger partial charge in [-0.2, -0.15) is 0 Å². The van der Waals surface area contributed by atoms with E-state index in [1.165, 1.54) is 37.9 Å². The van der Waals surface area contributed by atoms with E-state index < -0.39 is 5.82 Å². The Balaban J connectivity index is 1.57. The third-order valence-electron chi connectivity index (χ3n) is 5.39. The molecule has 0 spiro atoms. The Morgan fingerprint density at radius 2 is 2.21 bits per heavy atom. The SMILES string of the molecule is Cc1onc(-c2c(F)cccc2Cl)c1C(=O)NCCCCN1CCCC[C@@H]1C. The lowest BCUT2D eigenvalue weighted by Crippen LogP contribution is -2.38. The summed E-state index contributed by atoms with van der Waals surface area (Å²) in [6.07, 6.45) is 5.77. The number of hydrogen-bond donors (Lipinski definition) is 1. The summed E-state index contributed by atoms with van der Waals surface area (Å²) in [5, 5.41) is 6.97. The van der Waals surface area contributed by atoms with Gasteiger partial charge in [0.2, 0.25) is 0 Å². The molecule has 2 aromatic rings. The van der Waals surface area contributed by atoms with Gasteiger partial charge >= 0.3 is 0 Å². The molecule has 2 heterocycles. The van der Waals surface area contributed by atoms with Gasteiger partial charge in [-0.3, -0.25) is 4.79 Å². The summed E-state index contributed by atoms with van der Waals surface area (Å²) >= 11 is 6.12. The van der Waals surface area contributed by atoms with Gasteiger partial charge < -0.3 is 14.7 Å². The number of halogens is 2. The van der Waals surface area contributed by atoms with Crippen LogP contribution in [0, 0.1) is 12.7 Å². The minimum absolute atomic E-state index is 0.0882. The van der Waals surface area contributed by atoms with Crippen LogP contribution in [0.1, 0.15) is 55.1 Å². The highest BCUT2D eigenvalue weighted by Gasteiger charge is 2.25. The van der Waals surface area contributed by atoms with Gasteiger partial charge in [-0.15, -0.1) is 0 Å². The van der Waals surface area contributed by atoms with Crippen molar-refractivity contribution in [3.05, 3.63) is 40.4 Å². The topological polar surface area (TPSA) is 58.4 Å². The summed E-state index contributed by atoms with van der Waals surface area (Å²) in [6.45, 7) is 6.69. The van der Waals surface area contributed by atoms with E-state index in [2.05, 4.69) is 22.3 Å². The van der Waals surface area contributed by atoms with E-state index in [1.807, 2.05) is 0 Å². The maximum atomic E-state index is 14.2. The third kappa shape index (κ3) is 4.73. The Labute approximate surface area is 170 Å². The average Bonchev–Trinajstić information content (AvgIpc) is 3.04. The average molecular weight is 408 g/mol. The third-order valence-corrected chi connectivity index (χ3v) is 5.70. The number of aryl methyl sites for hydroxylation is 1. The zero-order valence-corrected chi connectivity index (χ0v) is 17.2. The van der Waals surface area contributed by atoms with Crippen LogP contribution >= 0.6 is 11.6 Å². The lowest BCUT2D eigenvalue weighted by molar-refractivity contribution is 0.0950. The molecule has 1 N–H and O–H groups in total. The van der Waals surface area contributed by atoms with Gasteiger partial charge in [0.15, 0.2) is 0 Å². The molecule has 1 fully saturated rings. The number of likely N-dealkylation sites (tertiary alicyclic amines) is 1. The number of aromatic nitrogens is 1. The fourth-order valence-corrected chi connectivity index (χ4v) is 4.01. The lowest BCUT2D eigenvalue weighted by atomic mass is 10.0. The molecule has 1 aromatic carbocycles. The molecule has 1 saturated heterocycles. The summed E-state index contributed by atoms with van der Waals surface area (Å²) < 4.78 is 19.4. The van der Waals surface area contributed by atoms with E-state index in [-0.39, 0.29) is 27.8 Å². The van der Waals surface area contributed by atoms with Crippen LogP contribution < -0.4 is 5.32 Å². The van der Waals surface area contributed by atoms with E-state index in [9.17, 15) is 9.18 Å². The molecule has 1 atom stereocenters. The second-order valence-corrected chi connectivity index (χ2v) is 7.81. The first-order valence-electron chi connectivity index (χ1n) is 9.92. The smallest absolute Gasteiger partial charge is 0.257 e. The van der Waals surface area contributed by atoms with Gasteiger partial charge in [0.05, 0.1) is 10.6 Å². The number of benzene rings is 1. The standard InChI is InChI=1S/C21H27ClFN3O2/c1-14-8-3-5-12-26(14)13-6-4-11-24-21(27)18-15(2)28-25-20(18)19-16(22)9-7-10-17(19)23/h7,9-10,14H,3-6,8,11-13H2,1-2H3,(H,24,27)/t14-/m0/s1. The van der Waals surface area contributed by atoms with Crippen LogP contribution in [0.15, 0.2) is 22.7 Å². The van der Waals surface area contributed by atoms with Crippen molar-refractivity contribution in [2.75, 3.05) is 19.6 Å². The molecule has 0 unspecified atom stereocenters. The second kappa shape index (κ2) is 9.52. The number of hydrogen-bond acceptors (Lipinski definition) is 4. The summed E-state index contributed by atoms with van der Waals surface area (Å²) in [5.74, 6) is -0.515. The predicted molar refractivity (Wildman–Crippen MR) is 108 cm³/mol. The van der Waals surface area contributed by atoms with Crippen LogP contribution in [0.3, 0.4) is 0 Å². The number of amides is 1. The molecule has 0 aliphatic carbocycles. The molecule has 1 amide bonds. The molecule has 0 radical (unpaired) electrons. The fourth-order valence-electron chi connectivity index (χ4n) is 3.75. The highest BCUT2D eigenvalue weighted by Crippen LogP contribution is 2.33. The highest BCUT2D eigenvalue weighted by molar-refractivity contribution is 6.33. The minimum atomic E-state index is -0.537. The van der Waals surface area contributed by atoms with Crippen molar-refractivity contribution in [1.29, 1.82) is 0 Å². The van der Waals surface area contributed by atoms with Crippen molar-refractivity contribution < 1.29 is 13.7 Å². The van der Waals surface area contributed by atoms with Gasteiger partial charge in [0.25, 0.3) is 5.91 Å². The molecule has 1 aliphatic rings. The molecule has 28 heavy (non-hydrogen) atoms. The number of nitrogens with zero attached hydrogens (tertiary/aromatic N) is 2. The zero-order valence-electron chi connectivity index (χ0n) is 16.4. The van der Waals surface area contributed by atoms with Gasteiger partial charge in [0, 0.05) is 12.6 Å². The maximum Gasteiger partial charge on any atom is 0.257 e. The Morgan fingerprint density at radius 1 is 1.39 bits per heavy atom. The number of carbonyl (C=O) groups excluding carboxylic acids is 1. The number of piperidine rings is 1. The lowest BCUT2D eigenvalue weighted by Gasteiger charge is -2.33. The minimum Gasteiger partial charge on any atom is -0.360 e. The number of unbranched alkanes of at least 4 members (excludes halogenated alkanes) is 1. The Kier molecular flexibility index (Phi) is 7.08. The molecule has 7 heteroatoms. The molecule has 0 bridgehead atoms. The first-order chi connectivity index (χ1) is 13.5. The Morgan fingerprint density at radius 3 is 2.96 bits per heavy atom. The highest BCUT2D eigenvalue weighted by atomic mass is 35.5. The van der Waals surface area contributed by atoms with Crippen LogP contribution in [-0.4, -0.2) is 41.6 Å². The molecule has 5 nitrogen and oxygen atoms in total. The van der Waals surface area contributed by atoms with Crippen LogP contribution in [0.5, 0.6) is 0 Å². The first-order valence-corrected chi connectivity index (χ1v) is 10.3. The van der Waals surface area contributed by atoms with Crippen molar-refractivity contribution in [1.82, 2.24) is 15.4 Å². The van der Waals surface area contributed by atoms with E-state index in [4.69, 9.17) is 16.1 Å². The number of nitrogens with one attached hydrogen (secondary N) is 1. The van der Waals surface area contributed by atoms with Gasteiger partial charge in [-0.25, -0.2) is 4.39 Å². The van der Waals surface area contributed by atoms with Crippen molar-refractivity contribution in [2.45, 2.75) is 52.0 Å². The summed E-state index contributed by atoms with van der Waals surface area (Å²) in [6, 6.07) is 5.01.